The van der Waals surface area contributed by atoms with E-state index in [1.807, 2.05) is 32.0 Å². The maximum Gasteiger partial charge on any atom is 0.274 e. The quantitative estimate of drug-likeness (QED) is 0.646. The number of hydrogen-bond acceptors (Lipinski definition) is 2. The molecule has 0 aliphatic rings. The van der Waals surface area contributed by atoms with E-state index >= 15 is 0 Å². The lowest BCUT2D eigenvalue weighted by molar-refractivity contribution is 0.102. The fourth-order valence-electron chi connectivity index (χ4n) is 2.64. The van der Waals surface area contributed by atoms with E-state index in [0.29, 0.717) is 21.4 Å². The van der Waals surface area contributed by atoms with Crippen LogP contribution in [0.2, 0.25) is 10.0 Å². The average molecular weight is 384 g/mol. The number of nitrogens with zero attached hydrogens (tertiary/aromatic N) is 2. The van der Waals surface area contributed by atoms with E-state index in [2.05, 4.69) is 11.4 Å². The Morgan fingerprint density at radius 2 is 1.85 bits per heavy atom. The number of hydrogen-bond donors (Lipinski definition) is 1. The molecule has 0 spiro atoms. The summed E-state index contributed by atoms with van der Waals surface area (Å²) in [7, 11) is 0. The third kappa shape index (κ3) is 3.45. The molecule has 4 nitrogen and oxygen atoms in total. The maximum atomic E-state index is 12.9. The van der Waals surface area contributed by atoms with Crippen molar-refractivity contribution in [3.63, 3.8) is 0 Å². The molecular weight excluding hydrogens is 369 g/mol. The van der Waals surface area contributed by atoms with Crippen LogP contribution < -0.4 is 5.32 Å². The van der Waals surface area contributed by atoms with Crippen LogP contribution in [0.25, 0.3) is 5.69 Å². The first kappa shape index (κ1) is 18.1. The Balaban J connectivity index is 2.03. The first-order valence-corrected chi connectivity index (χ1v) is 8.62. The minimum atomic E-state index is -0.388. The molecule has 130 valence electrons. The highest BCUT2D eigenvalue weighted by molar-refractivity contribution is 6.35. The van der Waals surface area contributed by atoms with Crippen molar-refractivity contribution < 1.29 is 4.79 Å². The smallest absolute Gasteiger partial charge is 0.274 e. The molecular formula is C20H15Cl2N3O. The molecule has 0 aliphatic carbocycles. The number of aryl methyl sites for hydroxylation is 2. The normalized spacial score (nSPS) is 10.4. The highest BCUT2D eigenvalue weighted by atomic mass is 35.5. The number of amides is 1. The van der Waals surface area contributed by atoms with Gasteiger partial charge in [-0.15, -0.1) is 0 Å². The van der Waals surface area contributed by atoms with Gasteiger partial charge in [-0.25, -0.2) is 0 Å². The van der Waals surface area contributed by atoms with Gasteiger partial charge < -0.3 is 9.88 Å². The summed E-state index contributed by atoms with van der Waals surface area (Å²) >= 11 is 12.2. The first-order valence-electron chi connectivity index (χ1n) is 7.86. The second-order valence-electron chi connectivity index (χ2n) is 5.91. The maximum absolute atomic E-state index is 12.9. The van der Waals surface area contributed by atoms with E-state index in [9.17, 15) is 10.1 Å². The first-order chi connectivity index (χ1) is 12.4. The number of nitriles is 1. The van der Waals surface area contributed by atoms with Crippen molar-refractivity contribution in [1.82, 2.24) is 4.57 Å². The molecule has 0 unspecified atom stereocenters. The van der Waals surface area contributed by atoms with Gasteiger partial charge in [-0.1, -0.05) is 29.3 Å². The van der Waals surface area contributed by atoms with Crippen molar-refractivity contribution in [1.29, 1.82) is 5.26 Å². The van der Waals surface area contributed by atoms with Crippen molar-refractivity contribution in [3.8, 4) is 11.8 Å². The Bertz CT molecular complexity index is 1050. The Morgan fingerprint density at radius 3 is 2.50 bits per heavy atom. The minimum absolute atomic E-state index is 0.218. The van der Waals surface area contributed by atoms with Crippen LogP contribution in [0.15, 0.2) is 48.7 Å². The number of anilines is 1. The van der Waals surface area contributed by atoms with Crippen molar-refractivity contribution in [2.75, 3.05) is 5.32 Å². The van der Waals surface area contributed by atoms with Gasteiger partial charge in [0.05, 0.1) is 16.3 Å². The van der Waals surface area contributed by atoms with Gasteiger partial charge in [-0.2, -0.15) is 5.26 Å². The fraction of sp³-hybridized carbons (Fsp3) is 0.100. The predicted molar refractivity (Wildman–Crippen MR) is 104 cm³/mol. The van der Waals surface area contributed by atoms with E-state index in [1.165, 1.54) is 0 Å². The monoisotopic (exact) mass is 383 g/mol. The van der Waals surface area contributed by atoms with Gasteiger partial charge in [0.2, 0.25) is 0 Å². The van der Waals surface area contributed by atoms with E-state index in [0.717, 1.165) is 11.1 Å². The number of nitrogens with one attached hydrogen (secondary N) is 1. The number of carbonyl (C=O) groups excluding carboxylic acids is 1. The summed E-state index contributed by atoms with van der Waals surface area (Å²) in [6, 6.07) is 14.3. The van der Waals surface area contributed by atoms with E-state index in [-0.39, 0.29) is 17.2 Å². The summed E-state index contributed by atoms with van der Waals surface area (Å²) in [5.41, 5.74) is 3.92. The SMILES string of the molecule is Cc1ccc(NC(=O)c2c(C#N)ccn2-c2ccc(Cl)cc2Cl)cc1C. The van der Waals surface area contributed by atoms with Crippen LogP contribution in [0, 0.1) is 25.2 Å². The van der Waals surface area contributed by atoms with Gasteiger partial charge in [-0.3, -0.25) is 4.79 Å². The molecule has 0 saturated heterocycles. The van der Waals surface area contributed by atoms with Gasteiger partial charge >= 0.3 is 0 Å². The van der Waals surface area contributed by atoms with Crippen molar-refractivity contribution in [3.05, 3.63) is 81.1 Å². The molecule has 26 heavy (non-hydrogen) atoms. The van der Waals surface area contributed by atoms with Gasteiger partial charge in [0.15, 0.2) is 0 Å². The standard InChI is InChI=1S/C20H15Cl2N3O/c1-12-3-5-16(9-13(12)2)24-20(26)19-14(11-23)7-8-25(19)18-6-4-15(21)10-17(18)22/h3-10H,1-2H3,(H,24,26). The Morgan fingerprint density at radius 1 is 1.08 bits per heavy atom. The van der Waals surface area contributed by atoms with Crippen LogP contribution in [-0.2, 0) is 0 Å². The molecule has 1 N–H and O–H groups in total. The lowest BCUT2D eigenvalue weighted by Crippen LogP contribution is -2.17. The Labute approximate surface area is 161 Å². The molecule has 0 radical (unpaired) electrons. The second kappa shape index (κ2) is 7.25. The number of halogens is 2. The molecule has 0 saturated carbocycles. The van der Waals surface area contributed by atoms with Gasteiger partial charge in [-0.05, 0) is 61.4 Å². The summed E-state index contributed by atoms with van der Waals surface area (Å²) in [5, 5.41) is 13.1. The molecule has 2 aromatic carbocycles. The number of aromatic nitrogens is 1. The second-order valence-corrected chi connectivity index (χ2v) is 6.75. The lowest BCUT2D eigenvalue weighted by Gasteiger charge is -2.13. The molecule has 1 amide bonds. The topological polar surface area (TPSA) is 57.8 Å². The zero-order chi connectivity index (χ0) is 18.8. The summed E-state index contributed by atoms with van der Waals surface area (Å²) in [6.45, 7) is 3.98. The average Bonchev–Trinajstić information content (AvgIpc) is 3.02. The van der Waals surface area contributed by atoms with Crippen LogP contribution in [0.1, 0.15) is 27.2 Å². The van der Waals surface area contributed by atoms with Crippen molar-refractivity contribution >= 4 is 34.8 Å². The highest BCUT2D eigenvalue weighted by Gasteiger charge is 2.20. The molecule has 1 aromatic heterocycles. The number of rotatable bonds is 3. The van der Waals surface area contributed by atoms with Gasteiger partial charge in [0, 0.05) is 16.9 Å². The zero-order valence-electron chi connectivity index (χ0n) is 14.2. The minimum Gasteiger partial charge on any atom is -0.321 e. The van der Waals surface area contributed by atoms with E-state index < -0.39 is 0 Å². The molecule has 0 fully saturated rings. The summed E-state index contributed by atoms with van der Waals surface area (Å²) in [5.74, 6) is -0.388. The molecule has 0 aliphatic heterocycles. The van der Waals surface area contributed by atoms with Crippen LogP contribution in [0.3, 0.4) is 0 Å². The third-order valence-corrected chi connectivity index (χ3v) is 4.69. The van der Waals surface area contributed by atoms with E-state index in [4.69, 9.17) is 23.2 Å². The van der Waals surface area contributed by atoms with Gasteiger partial charge in [0.25, 0.3) is 5.91 Å². The third-order valence-electron chi connectivity index (χ3n) is 4.16. The van der Waals surface area contributed by atoms with Crippen molar-refractivity contribution in [2.45, 2.75) is 13.8 Å². The van der Waals surface area contributed by atoms with Gasteiger partial charge in [0.1, 0.15) is 11.8 Å². The summed E-state index contributed by atoms with van der Waals surface area (Å²) in [6.07, 6.45) is 1.64. The molecule has 3 rings (SSSR count). The summed E-state index contributed by atoms with van der Waals surface area (Å²) in [4.78, 5) is 12.9. The number of benzene rings is 2. The van der Waals surface area contributed by atoms with Crippen LogP contribution >= 0.6 is 23.2 Å². The Kier molecular flexibility index (Phi) is 5.03. The molecule has 1 heterocycles. The molecule has 6 heteroatoms. The summed E-state index contributed by atoms with van der Waals surface area (Å²) < 4.78 is 1.59. The van der Waals surface area contributed by atoms with Crippen LogP contribution in [0.5, 0.6) is 0 Å². The Hall–Kier alpha value is -2.74. The van der Waals surface area contributed by atoms with E-state index in [1.54, 1.807) is 35.0 Å². The number of carbonyl (C=O) groups is 1. The fourth-order valence-corrected chi connectivity index (χ4v) is 3.14. The largest absolute Gasteiger partial charge is 0.321 e. The van der Waals surface area contributed by atoms with Crippen LogP contribution in [0.4, 0.5) is 5.69 Å². The molecule has 3 aromatic rings. The molecule has 0 bridgehead atoms. The van der Waals surface area contributed by atoms with Crippen molar-refractivity contribution in [2.24, 2.45) is 0 Å². The zero-order valence-corrected chi connectivity index (χ0v) is 15.7. The lowest BCUT2D eigenvalue weighted by atomic mass is 10.1. The molecule has 0 atom stereocenters. The van der Waals surface area contributed by atoms with Crippen LogP contribution in [-0.4, -0.2) is 10.5 Å². The predicted octanol–water partition coefficient (Wildman–Crippen LogP) is 5.52. The highest BCUT2D eigenvalue weighted by Crippen LogP contribution is 2.27.